The summed E-state index contributed by atoms with van der Waals surface area (Å²) < 4.78 is 25.9. The van der Waals surface area contributed by atoms with Gasteiger partial charge >= 0.3 is 11.9 Å². The zero-order valence-corrected chi connectivity index (χ0v) is 57.7. The van der Waals surface area contributed by atoms with E-state index >= 15 is 0 Å². The van der Waals surface area contributed by atoms with Gasteiger partial charge < -0.3 is 52.7 Å². The average molecular weight is 1450 g/mol. The third-order valence-electron chi connectivity index (χ3n) is 15.2. The lowest BCUT2D eigenvalue weighted by Crippen LogP contribution is -2.36. The van der Waals surface area contributed by atoms with E-state index in [0.29, 0.717) is 48.0 Å². The lowest BCUT2D eigenvalue weighted by Gasteiger charge is -2.24. The number of anilines is 3. The predicted molar refractivity (Wildman–Crippen MR) is 397 cm³/mol. The van der Waals surface area contributed by atoms with Crippen LogP contribution in [0.1, 0.15) is 161 Å². The molecule has 10 rings (SSSR count). The molecule has 1 aliphatic rings. The number of ketones is 2. The zero-order chi connectivity index (χ0) is 71.9. The molecular weight excluding hydrogens is 1360 g/mol. The molecule has 1 fully saturated rings. The first-order chi connectivity index (χ1) is 46.2. The number of Topliss-reactive ketones (excluding diaryl/α,β-unsaturated/α-hetero) is 2. The Labute approximate surface area is 595 Å². The van der Waals surface area contributed by atoms with Crippen molar-refractivity contribution in [2.24, 2.45) is 11.5 Å². The van der Waals surface area contributed by atoms with Gasteiger partial charge in [-0.3, -0.25) is 56.9 Å². The van der Waals surface area contributed by atoms with Crippen LogP contribution in [-0.4, -0.2) is 80.3 Å². The Kier molecular flexibility index (Phi) is 29.8. The summed E-state index contributed by atoms with van der Waals surface area (Å²) in [6, 6.07) is 35.8. The highest BCUT2D eigenvalue weighted by Crippen LogP contribution is 2.31. The van der Waals surface area contributed by atoms with Gasteiger partial charge in [0.15, 0.2) is 5.78 Å². The number of phenols is 1. The van der Waals surface area contributed by atoms with Gasteiger partial charge in [0.2, 0.25) is 11.8 Å². The number of amides is 2. The highest BCUT2D eigenvalue weighted by atomic mass is 79.9. The van der Waals surface area contributed by atoms with Crippen molar-refractivity contribution in [1.29, 1.82) is 0 Å². The number of hydrogen-bond donors (Lipinski definition) is 6. The molecule has 25 nitrogen and oxygen atoms in total. The van der Waals surface area contributed by atoms with Crippen LogP contribution in [0.4, 0.5) is 17.1 Å². The Morgan fingerprint density at radius 3 is 1.28 bits per heavy atom. The molecule has 3 atom stereocenters. The van der Waals surface area contributed by atoms with Gasteiger partial charge in [-0.05, 0) is 98.3 Å². The standard InChI is InChI=1S/C25H30N4O5.C22H21N3O4.C18H24N4O5.C7H7Br.3CH4/c1-15-28-19-13-17(33-14-16-8-6-5-7-9-16)12-18(26)22(19)24(32)29(15)20(23(27)31)10-11-21(30)34-25(2,3)4;1-13-24-18-11-16(29-12-14-5-3-2-4-6-14)10-17(23)21(18)22(28)25(13)19-8-7-15(26)9-20(19)27;1-9-21-12-8-10(23)7-11(19)15(12)17(26)22(9)13(16(20)25)5-6-14(24)27-18(2,3)4;8-6-7-4-2-1-3-5-7;;;/h5-9,12-13,20H,10-11,14,26H2,1-4H3,(H2,27,31);2-6,10-11,19H,7-9,12,23H2,1H3;7-8,13,23H,5-6,19H2,1-4H3,(H2,20,25);1-5H,6H2;3*1H4/t20-;;13-;;;;/m0.0..../s1. The second-order valence-corrected chi connectivity index (χ2v) is 25.8. The smallest absolute Gasteiger partial charge is 0.306 e. The monoisotopic (exact) mass is 1450 g/mol. The fraction of sp³-hybridized carbons (Fsp3) is 0.360. The van der Waals surface area contributed by atoms with Crippen molar-refractivity contribution in [1.82, 2.24) is 28.7 Å². The minimum Gasteiger partial charge on any atom is -0.508 e. The molecule has 3 heterocycles. The van der Waals surface area contributed by atoms with E-state index in [4.69, 9.17) is 47.6 Å². The fourth-order valence-electron chi connectivity index (χ4n) is 10.9. The Morgan fingerprint density at radius 2 is 0.911 bits per heavy atom. The van der Waals surface area contributed by atoms with Gasteiger partial charge in [0, 0.05) is 61.0 Å². The van der Waals surface area contributed by atoms with E-state index in [-0.39, 0.29) is 134 Å². The number of fused-ring (bicyclic) bond motifs is 3. The number of nitrogen functional groups attached to an aromatic ring is 3. The summed E-state index contributed by atoms with van der Waals surface area (Å²) >= 11 is 3.36. The minimum atomic E-state index is -1.09. The van der Waals surface area contributed by atoms with E-state index in [0.717, 1.165) is 21.0 Å². The molecule has 0 aliphatic heterocycles. The average Bonchev–Trinajstić information content (AvgIpc) is 0.773. The van der Waals surface area contributed by atoms with E-state index in [1.54, 1.807) is 79.7 Å². The second-order valence-electron chi connectivity index (χ2n) is 25.2. The molecule has 6 aromatic carbocycles. The SMILES string of the molecule is BrCc1ccccc1.C.C.C.Cc1nc2cc(O)cc(N)c2c(=O)n1[C@@H](CCC(=O)OC(C)(C)C)C(N)=O.Cc1nc2cc(OCc3ccccc3)cc(N)c2c(=O)n1C1CCC(=O)CC1=O.Cc1nc2cc(OCc3ccccc3)cc(N)c2c(=O)n1[C@@H](CCC(=O)OC(C)(C)C)C(N)=O. The number of aromatic nitrogens is 6. The molecule has 0 saturated heterocycles. The minimum absolute atomic E-state index is 0. The number of esters is 2. The lowest BCUT2D eigenvalue weighted by molar-refractivity contribution is -0.156. The van der Waals surface area contributed by atoms with Gasteiger partial charge in [-0.2, -0.15) is 0 Å². The Bertz CT molecular complexity index is 4610. The first-order valence-electron chi connectivity index (χ1n) is 31.4. The maximum Gasteiger partial charge on any atom is 0.306 e. The number of aromatic hydroxyl groups is 1. The molecule has 1 saturated carbocycles. The van der Waals surface area contributed by atoms with Crippen molar-refractivity contribution in [2.45, 2.75) is 177 Å². The van der Waals surface area contributed by atoms with Crippen molar-refractivity contribution in [3.8, 4) is 17.2 Å². The van der Waals surface area contributed by atoms with Crippen molar-refractivity contribution in [3.05, 3.63) is 193 Å². The van der Waals surface area contributed by atoms with E-state index in [2.05, 4.69) is 43.0 Å². The van der Waals surface area contributed by atoms with Crippen LogP contribution in [0.5, 0.6) is 17.2 Å². The van der Waals surface area contributed by atoms with Crippen LogP contribution in [-0.2, 0) is 56.8 Å². The number of nitrogens with two attached hydrogens (primary N) is 5. The summed E-state index contributed by atoms with van der Waals surface area (Å²) in [5.41, 5.74) is 31.2. The highest BCUT2D eigenvalue weighted by molar-refractivity contribution is 9.08. The highest BCUT2D eigenvalue weighted by Gasteiger charge is 2.32. The number of ether oxygens (including phenoxy) is 4. The summed E-state index contributed by atoms with van der Waals surface area (Å²) in [7, 11) is 0. The molecule has 2 amide bonds. The van der Waals surface area contributed by atoms with Crippen LogP contribution in [0.3, 0.4) is 0 Å². The zero-order valence-electron chi connectivity index (χ0n) is 56.1. The van der Waals surface area contributed by atoms with E-state index < -0.39 is 64.2 Å². The normalized spacial score (nSPS) is 13.1. The number of aryl methyl sites for hydroxylation is 3. The molecule has 0 bridgehead atoms. The third-order valence-corrected chi connectivity index (χ3v) is 15.8. The van der Waals surface area contributed by atoms with Crippen molar-refractivity contribution < 1.29 is 52.8 Å². The predicted octanol–water partition coefficient (Wildman–Crippen LogP) is 11.4. The summed E-state index contributed by atoms with van der Waals surface area (Å²) in [6.45, 7) is 15.9. The largest absolute Gasteiger partial charge is 0.508 e. The van der Waals surface area contributed by atoms with Crippen molar-refractivity contribution in [3.63, 3.8) is 0 Å². The molecule has 540 valence electrons. The maximum atomic E-state index is 13.4. The summed E-state index contributed by atoms with van der Waals surface area (Å²) in [5.74, 6) is -1.11. The van der Waals surface area contributed by atoms with Gasteiger partial charge in [0.05, 0.1) is 62.2 Å². The first-order valence-corrected chi connectivity index (χ1v) is 32.5. The molecule has 11 N–H and O–H groups in total. The number of rotatable bonds is 18. The number of nitrogens with zero attached hydrogens (tertiary/aromatic N) is 6. The molecule has 3 aromatic heterocycles. The van der Waals surface area contributed by atoms with Gasteiger partial charge in [-0.1, -0.05) is 129 Å². The number of benzene rings is 6. The number of halogens is 1. The third kappa shape index (κ3) is 22.4. The van der Waals surface area contributed by atoms with E-state index in [1.165, 1.54) is 33.8 Å². The number of alkyl halides is 1. The van der Waals surface area contributed by atoms with Gasteiger partial charge in [-0.15, -0.1) is 0 Å². The summed E-state index contributed by atoms with van der Waals surface area (Å²) in [4.78, 5) is 125. The van der Waals surface area contributed by atoms with E-state index in [1.807, 2.05) is 78.9 Å². The topological polar surface area (TPSA) is 394 Å². The van der Waals surface area contributed by atoms with Crippen LogP contribution >= 0.6 is 15.9 Å². The molecular formula is C75H94BrN11O14. The lowest BCUT2D eigenvalue weighted by atomic mass is 9.92. The Morgan fingerprint density at radius 1 is 0.545 bits per heavy atom. The van der Waals surface area contributed by atoms with Crippen LogP contribution in [0.2, 0.25) is 0 Å². The molecule has 9 aromatic rings. The van der Waals surface area contributed by atoms with Crippen LogP contribution < -0.4 is 54.8 Å². The molecule has 1 unspecified atom stereocenters. The van der Waals surface area contributed by atoms with Crippen LogP contribution in [0.25, 0.3) is 32.7 Å². The van der Waals surface area contributed by atoms with Gasteiger partial charge in [0.25, 0.3) is 16.7 Å². The number of carbonyl (C=O) groups is 6. The maximum absolute atomic E-state index is 13.4. The molecule has 101 heavy (non-hydrogen) atoms. The first kappa shape index (κ1) is 82.7. The molecule has 0 radical (unpaired) electrons. The Balaban J connectivity index is 0.000000301. The molecule has 1 aliphatic carbocycles. The number of phenolic OH excluding ortho intramolecular Hbond substituents is 1. The van der Waals surface area contributed by atoms with Crippen molar-refractivity contribution in [2.75, 3.05) is 17.2 Å². The van der Waals surface area contributed by atoms with Crippen LogP contribution in [0, 0.1) is 20.8 Å². The number of carbonyl (C=O) groups excluding carboxylic acids is 6. The Hall–Kier alpha value is -10.8. The molecule has 0 spiro atoms. The number of hydrogen-bond acceptors (Lipinski definition) is 20. The van der Waals surface area contributed by atoms with Gasteiger partial charge in [-0.25, -0.2) is 15.0 Å². The van der Waals surface area contributed by atoms with Crippen LogP contribution in [0.15, 0.2) is 142 Å². The summed E-state index contributed by atoms with van der Waals surface area (Å²) in [5, 5.41) is 11.1. The second kappa shape index (κ2) is 36.4. The van der Waals surface area contributed by atoms with Crippen molar-refractivity contribution >= 4 is 101 Å². The molecule has 26 heteroatoms. The van der Waals surface area contributed by atoms with E-state index in [9.17, 15) is 48.3 Å². The summed E-state index contributed by atoms with van der Waals surface area (Å²) in [6.07, 6.45) is 0.241. The number of primary amides is 2. The van der Waals surface area contributed by atoms with Gasteiger partial charge in [0.1, 0.15) is 77.0 Å². The quantitative estimate of drug-likeness (QED) is 0.0201. The fourth-order valence-corrected chi connectivity index (χ4v) is 11.2.